The summed E-state index contributed by atoms with van der Waals surface area (Å²) in [4.78, 5) is 49.0. The van der Waals surface area contributed by atoms with Gasteiger partial charge in [0, 0.05) is 26.2 Å². The Morgan fingerprint density at radius 2 is 1.96 bits per heavy atom. The van der Waals surface area contributed by atoms with Gasteiger partial charge in [-0.15, -0.1) is 0 Å². The molecule has 0 saturated carbocycles. The molecule has 10 nitrogen and oxygen atoms in total. The van der Waals surface area contributed by atoms with Crippen LogP contribution in [0, 0.1) is 5.92 Å². The van der Waals surface area contributed by atoms with Crippen LogP contribution in [0.15, 0.2) is 30.3 Å². The van der Waals surface area contributed by atoms with E-state index in [0.717, 1.165) is 5.56 Å². The zero-order chi connectivity index (χ0) is 19.6. The van der Waals surface area contributed by atoms with Gasteiger partial charge in [0.25, 0.3) is 0 Å². The fourth-order valence-electron chi connectivity index (χ4n) is 2.42. The number of aliphatic hydroxyl groups excluding tert-OH is 1. The van der Waals surface area contributed by atoms with E-state index in [-0.39, 0.29) is 26.3 Å². The molecule has 2 rings (SSSR count). The maximum atomic E-state index is 12.2. The number of amides is 5. The Bertz CT molecular complexity index is 681. The molecule has 0 spiro atoms. The molecule has 27 heavy (non-hydrogen) atoms. The highest BCUT2D eigenvalue weighted by Crippen LogP contribution is 2.09. The number of urea groups is 1. The number of alkyl carbamates (subject to hydrolysis) is 1. The Labute approximate surface area is 155 Å². The average Bonchev–Trinajstić information content (AvgIpc) is 2.65. The Balaban J connectivity index is 1.83. The second-order valence-electron chi connectivity index (χ2n) is 5.82. The summed E-state index contributed by atoms with van der Waals surface area (Å²) in [5, 5.41) is 15.7. The number of carbonyl (C=O) groups is 4. The van der Waals surface area contributed by atoms with Crippen LogP contribution < -0.4 is 16.0 Å². The Morgan fingerprint density at radius 3 is 2.67 bits per heavy atom. The van der Waals surface area contributed by atoms with E-state index in [1.807, 2.05) is 11.4 Å². The van der Waals surface area contributed by atoms with Gasteiger partial charge in [0.2, 0.25) is 11.8 Å². The SMILES string of the molecule is O=C(NC(=O)C1CN(CCNCCO)C(=O)NC1=O)OCc1ccccc1. The molecule has 0 aromatic heterocycles. The number of aliphatic hydroxyl groups is 1. The predicted molar refractivity (Wildman–Crippen MR) is 93.3 cm³/mol. The number of nitrogens with one attached hydrogen (secondary N) is 3. The van der Waals surface area contributed by atoms with Crippen molar-refractivity contribution < 1.29 is 29.0 Å². The van der Waals surface area contributed by atoms with Gasteiger partial charge in [-0.2, -0.15) is 0 Å². The van der Waals surface area contributed by atoms with Crippen LogP contribution in [0.1, 0.15) is 5.56 Å². The van der Waals surface area contributed by atoms with Gasteiger partial charge in [-0.1, -0.05) is 30.3 Å². The summed E-state index contributed by atoms with van der Waals surface area (Å²) < 4.78 is 4.95. The van der Waals surface area contributed by atoms with Gasteiger partial charge < -0.3 is 20.1 Å². The molecular weight excluding hydrogens is 356 g/mol. The minimum absolute atomic E-state index is 0.0159. The van der Waals surface area contributed by atoms with Crippen LogP contribution in [0.25, 0.3) is 0 Å². The minimum atomic E-state index is -1.22. The molecule has 1 saturated heterocycles. The van der Waals surface area contributed by atoms with Crippen molar-refractivity contribution in [2.45, 2.75) is 6.61 Å². The van der Waals surface area contributed by atoms with Crippen molar-refractivity contribution in [2.24, 2.45) is 5.92 Å². The minimum Gasteiger partial charge on any atom is -0.444 e. The van der Waals surface area contributed by atoms with Crippen LogP contribution in [0.3, 0.4) is 0 Å². The first-order valence-corrected chi connectivity index (χ1v) is 8.44. The first-order valence-electron chi connectivity index (χ1n) is 8.44. The highest BCUT2D eigenvalue weighted by Gasteiger charge is 2.37. The molecule has 1 aliphatic rings. The fraction of sp³-hybridized carbons (Fsp3) is 0.412. The molecule has 1 aromatic carbocycles. The second-order valence-corrected chi connectivity index (χ2v) is 5.82. The second kappa shape index (κ2) is 10.2. The standard InChI is InChI=1S/C17H22N4O6/c22-9-7-18-6-8-21-10-13(14(23)19-16(21)25)15(24)20-17(26)27-11-12-4-2-1-3-5-12/h1-5,13,18,22H,6-11H2,(H,19,23,25)(H,20,24,26). The zero-order valence-corrected chi connectivity index (χ0v) is 14.6. The van der Waals surface area contributed by atoms with Gasteiger partial charge in [-0.3, -0.25) is 20.2 Å². The van der Waals surface area contributed by atoms with Crippen LogP contribution >= 0.6 is 0 Å². The first-order chi connectivity index (χ1) is 13.0. The highest BCUT2D eigenvalue weighted by molar-refractivity contribution is 6.11. The summed E-state index contributed by atoms with van der Waals surface area (Å²) in [5.74, 6) is -2.83. The van der Waals surface area contributed by atoms with Crippen LogP contribution in [-0.2, 0) is 20.9 Å². The Morgan fingerprint density at radius 1 is 1.22 bits per heavy atom. The lowest BCUT2D eigenvalue weighted by atomic mass is 10.1. The molecule has 5 amide bonds. The number of ether oxygens (including phenoxy) is 1. The lowest BCUT2D eigenvalue weighted by Crippen LogP contribution is -2.59. The third-order valence-corrected chi connectivity index (χ3v) is 3.84. The summed E-state index contributed by atoms with van der Waals surface area (Å²) in [7, 11) is 0. The Kier molecular flexibility index (Phi) is 7.71. The van der Waals surface area contributed by atoms with E-state index in [1.54, 1.807) is 24.3 Å². The first kappa shape index (κ1) is 20.3. The van der Waals surface area contributed by atoms with Gasteiger partial charge in [0.15, 0.2) is 0 Å². The molecule has 1 aliphatic heterocycles. The number of nitrogens with zero attached hydrogens (tertiary/aromatic N) is 1. The number of carbonyl (C=O) groups excluding carboxylic acids is 4. The molecule has 1 fully saturated rings. The maximum absolute atomic E-state index is 12.2. The molecule has 146 valence electrons. The highest BCUT2D eigenvalue weighted by atomic mass is 16.5. The maximum Gasteiger partial charge on any atom is 0.414 e. The van der Waals surface area contributed by atoms with Crippen molar-refractivity contribution in [3.63, 3.8) is 0 Å². The van der Waals surface area contributed by atoms with Gasteiger partial charge in [0.05, 0.1) is 6.61 Å². The lowest BCUT2D eigenvalue weighted by Gasteiger charge is -2.31. The monoisotopic (exact) mass is 378 g/mol. The van der Waals surface area contributed by atoms with E-state index < -0.39 is 29.9 Å². The topological polar surface area (TPSA) is 137 Å². The van der Waals surface area contributed by atoms with Crippen molar-refractivity contribution in [2.75, 3.05) is 32.8 Å². The molecule has 1 unspecified atom stereocenters. The fourth-order valence-corrected chi connectivity index (χ4v) is 2.42. The van der Waals surface area contributed by atoms with E-state index in [2.05, 4.69) is 10.6 Å². The predicted octanol–water partition coefficient (Wildman–Crippen LogP) is -0.811. The third kappa shape index (κ3) is 6.35. The quantitative estimate of drug-likeness (QED) is 0.343. The van der Waals surface area contributed by atoms with Crippen molar-refractivity contribution >= 4 is 23.9 Å². The average molecular weight is 378 g/mol. The molecule has 0 radical (unpaired) electrons. The number of benzene rings is 1. The molecule has 4 N–H and O–H groups in total. The molecule has 1 aromatic rings. The van der Waals surface area contributed by atoms with Crippen molar-refractivity contribution in [1.82, 2.24) is 20.9 Å². The van der Waals surface area contributed by atoms with E-state index in [1.165, 1.54) is 4.90 Å². The van der Waals surface area contributed by atoms with Crippen molar-refractivity contribution in [3.05, 3.63) is 35.9 Å². The third-order valence-electron chi connectivity index (χ3n) is 3.84. The van der Waals surface area contributed by atoms with Crippen molar-refractivity contribution in [1.29, 1.82) is 0 Å². The summed E-state index contributed by atoms with van der Waals surface area (Å²) in [6.45, 7) is 0.782. The van der Waals surface area contributed by atoms with Gasteiger partial charge >= 0.3 is 12.1 Å². The van der Waals surface area contributed by atoms with Gasteiger partial charge in [0.1, 0.15) is 12.5 Å². The lowest BCUT2D eigenvalue weighted by molar-refractivity contribution is -0.136. The largest absolute Gasteiger partial charge is 0.444 e. The summed E-state index contributed by atoms with van der Waals surface area (Å²) in [6.07, 6.45) is -0.968. The van der Waals surface area contributed by atoms with Crippen LogP contribution in [0.5, 0.6) is 0 Å². The molecular formula is C17H22N4O6. The summed E-state index contributed by atoms with van der Waals surface area (Å²) in [5.41, 5.74) is 0.752. The van der Waals surface area contributed by atoms with Crippen LogP contribution in [-0.4, -0.2) is 66.7 Å². The summed E-state index contributed by atoms with van der Waals surface area (Å²) in [6, 6.07) is 8.31. The molecule has 1 atom stereocenters. The number of rotatable bonds is 8. The molecule has 1 heterocycles. The number of hydrogen-bond donors (Lipinski definition) is 4. The normalized spacial score (nSPS) is 16.6. The molecule has 10 heteroatoms. The number of imide groups is 2. The van der Waals surface area contributed by atoms with E-state index in [4.69, 9.17) is 9.84 Å². The van der Waals surface area contributed by atoms with Crippen molar-refractivity contribution in [3.8, 4) is 0 Å². The Hall–Kier alpha value is -2.98. The van der Waals surface area contributed by atoms with Crippen LogP contribution in [0.4, 0.5) is 9.59 Å². The van der Waals surface area contributed by atoms with Gasteiger partial charge in [-0.25, -0.2) is 9.59 Å². The molecule has 0 aliphatic carbocycles. The zero-order valence-electron chi connectivity index (χ0n) is 14.6. The van der Waals surface area contributed by atoms with E-state index in [9.17, 15) is 19.2 Å². The van der Waals surface area contributed by atoms with E-state index >= 15 is 0 Å². The van der Waals surface area contributed by atoms with E-state index in [0.29, 0.717) is 13.1 Å². The summed E-state index contributed by atoms with van der Waals surface area (Å²) >= 11 is 0. The van der Waals surface area contributed by atoms with Crippen LogP contribution in [0.2, 0.25) is 0 Å². The smallest absolute Gasteiger partial charge is 0.414 e. The number of hydrogen-bond acceptors (Lipinski definition) is 7. The van der Waals surface area contributed by atoms with Gasteiger partial charge in [-0.05, 0) is 5.56 Å². The molecule has 0 bridgehead atoms.